The van der Waals surface area contributed by atoms with Gasteiger partial charge in [0.2, 0.25) is 11.8 Å². The van der Waals surface area contributed by atoms with Gasteiger partial charge in [-0.2, -0.15) is 16.3 Å². The summed E-state index contributed by atoms with van der Waals surface area (Å²) in [5.74, 6) is 1.71. The van der Waals surface area contributed by atoms with E-state index in [2.05, 4.69) is 37.2 Å². The van der Waals surface area contributed by atoms with E-state index in [-0.39, 0.29) is 11.8 Å². The van der Waals surface area contributed by atoms with E-state index in [9.17, 15) is 4.79 Å². The molecule has 1 aliphatic carbocycles. The zero-order valence-electron chi connectivity index (χ0n) is 16.1. The fourth-order valence-corrected chi connectivity index (χ4v) is 4.80. The van der Waals surface area contributed by atoms with E-state index in [1.165, 1.54) is 18.4 Å². The average molecular weight is 389 g/mol. The summed E-state index contributed by atoms with van der Waals surface area (Å²) in [7, 11) is 0. The Hall–Kier alpha value is -1.73. The molecule has 2 aliphatic rings. The number of aromatic nitrogens is 2. The van der Waals surface area contributed by atoms with Crippen molar-refractivity contribution in [3.8, 4) is 0 Å². The van der Waals surface area contributed by atoms with Crippen molar-refractivity contribution in [3.63, 3.8) is 0 Å². The van der Waals surface area contributed by atoms with Gasteiger partial charge in [0, 0.05) is 31.3 Å². The summed E-state index contributed by atoms with van der Waals surface area (Å²) in [4.78, 5) is 19.6. The molecule has 3 heterocycles. The molecule has 1 atom stereocenters. The molecule has 1 saturated carbocycles. The minimum Gasteiger partial charge on any atom is -0.339 e. The van der Waals surface area contributed by atoms with Crippen LogP contribution in [0.4, 0.5) is 0 Å². The van der Waals surface area contributed by atoms with Gasteiger partial charge in [0.25, 0.3) is 0 Å². The quantitative estimate of drug-likeness (QED) is 0.787. The van der Waals surface area contributed by atoms with Gasteiger partial charge in [-0.05, 0) is 60.2 Å². The summed E-state index contributed by atoms with van der Waals surface area (Å²) in [6, 6.07) is 2.50. The molecule has 2 fully saturated rings. The minimum absolute atomic E-state index is 0.200. The Morgan fingerprint density at radius 3 is 2.93 bits per heavy atom. The summed E-state index contributed by atoms with van der Waals surface area (Å²) in [6.07, 6.45) is 4.43. The third-order valence-electron chi connectivity index (χ3n) is 5.93. The summed E-state index contributed by atoms with van der Waals surface area (Å²) in [5, 5.41) is 11.7. The maximum absolute atomic E-state index is 13.1. The fraction of sp³-hybridized carbons (Fsp3) is 0.650. The summed E-state index contributed by atoms with van der Waals surface area (Å²) in [6.45, 7) is 6.92. The molecule has 2 aromatic heterocycles. The van der Waals surface area contributed by atoms with E-state index >= 15 is 0 Å². The fourth-order valence-electron chi connectivity index (χ4n) is 4.14. The third kappa shape index (κ3) is 4.09. The number of nitrogens with zero attached hydrogens (tertiary/aromatic N) is 3. The highest BCUT2D eigenvalue weighted by Gasteiger charge is 2.57. The van der Waals surface area contributed by atoms with Crippen molar-refractivity contribution in [3.05, 3.63) is 34.1 Å². The number of hydrogen-bond donors (Lipinski definition) is 1. The van der Waals surface area contributed by atoms with E-state index in [4.69, 9.17) is 4.52 Å². The van der Waals surface area contributed by atoms with Crippen molar-refractivity contribution < 1.29 is 9.32 Å². The number of piperidine rings is 1. The molecular weight excluding hydrogens is 360 g/mol. The maximum atomic E-state index is 13.1. The third-order valence-corrected chi connectivity index (χ3v) is 6.66. The lowest BCUT2D eigenvalue weighted by Gasteiger charge is -2.29. The number of hydrogen-bond acceptors (Lipinski definition) is 6. The highest BCUT2D eigenvalue weighted by atomic mass is 32.1. The molecule has 0 bridgehead atoms. The summed E-state index contributed by atoms with van der Waals surface area (Å²) in [5.41, 5.74) is 1.57. The second-order valence-corrected chi connectivity index (χ2v) is 8.97. The standard InChI is InChI=1S/C20H28N4O2S/c1-14(2)19-22-17(26-23-19)3-4-18(25)24(12-15-5-10-27-13-15)16-11-20(16)6-8-21-9-7-20/h5,10,13-14,16,21H,3-4,6-9,11-12H2,1-2H3. The SMILES string of the molecule is CC(C)c1noc(CCC(=O)N(Cc2ccsc2)C2CC23CCNCC3)n1. The van der Waals surface area contributed by atoms with Gasteiger partial charge in [-0.15, -0.1) is 0 Å². The average Bonchev–Trinajstić information content (AvgIpc) is 3.08. The largest absolute Gasteiger partial charge is 0.339 e. The number of nitrogens with one attached hydrogen (secondary N) is 1. The Kier molecular flexibility index (Phi) is 5.32. The molecule has 0 radical (unpaired) electrons. The van der Waals surface area contributed by atoms with E-state index in [1.807, 2.05) is 13.8 Å². The Morgan fingerprint density at radius 1 is 1.44 bits per heavy atom. The second-order valence-electron chi connectivity index (χ2n) is 8.19. The van der Waals surface area contributed by atoms with Crippen LogP contribution >= 0.6 is 11.3 Å². The van der Waals surface area contributed by atoms with Crippen LogP contribution in [0, 0.1) is 5.41 Å². The second kappa shape index (κ2) is 7.72. The molecule has 1 amide bonds. The molecule has 7 heteroatoms. The van der Waals surface area contributed by atoms with Crippen molar-refractivity contribution in [1.82, 2.24) is 20.4 Å². The van der Waals surface area contributed by atoms with E-state index < -0.39 is 0 Å². The van der Waals surface area contributed by atoms with Crippen LogP contribution in [0.2, 0.25) is 0 Å². The molecule has 0 aromatic carbocycles. The first kappa shape index (κ1) is 18.6. The van der Waals surface area contributed by atoms with Crippen molar-refractivity contribution in [2.24, 2.45) is 5.41 Å². The van der Waals surface area contributed by atoms with E-state index in [1.54, 1.807) is 11.3 Å². The lowest BCUT2D eigenvalue weighted by atomic mass is 9.93. The number of amides is 1. The maximum Gasteiger partial charge on any atom is 0.227 e. The summed E-state index contributed by atoms with van der Waals surface area (Å²) >= 11 is 1.69. The van der Waals surface area contributed by atoms with Gasteiger partial charge in [-0.25, -0.2) is 0 Å². The van der Waals surface area contributed by atoms with Crippen LogP contribution in [0.25, 0.3) is 0 Å². The first-order valence-corrected chi connectivity index (χ1v) is 10.9. The van der Waals surface area contributed by atoms with Crippen LogP contribution in [0.5, 0.6) is 0 Å². The highest BCUT2D eigenvalue weighted by molar-refractivity contribution is 7.07. The van der Waals surface area contributed by atoms with Gasteiger partial charge in [-0.1, -0.05) is 19.0 Å². The molecule has 1 spiro atoms. The Labute approximate surface area is 164 Å². The van der Waals surface area contributed by atoms with Gasteiger partial charge in [0.15, 0.2) is 5.82 Å². The molecule has 4 rings (SSSR count). The van der Waals surface area contributed by atoms with Gasteiger partial charge >= 0.3 is 0 Å². The molecule has 1 saturated heterocycles. The van der Waals surface area contributed by atoms with Crippen molar-refractivity contribution in [2.75, 3.05) is 13.1 Å². The van der Waals surface area contributed by atoms with Crippen LogP contribution in [0.3, 0.4) is 0 Å². The zero-order valence-corrected chi connectivity index (χ0v) is 16.9. The molecular formula is C20H28N4O2S. The van der Waals surface area contributed by atoms with Crippen LogP contribution in [0.1, 0.15) is 62.7 Å². The molecule has 6 nitrogen and oxygen atoms in total. The number of rotatable bonds is 7. The van der Waals surface area contributed by atoms with Gasteiger partial charge < -0.3 is 14.7 Å². The topological polar surface area (TPSA) is 71.3 Å². The van der Waals surface area contributed by atoms with Crippen LogP contribution < -0.4 is 5.32 Å². The number of carbonyl (C=O) groups excluding carboxylic acids is 1. The minimum atomic E-state index is 0.200. The number of aryl methyl sites for hydroxylation is 1. The lowest BCUT2D eigenvalue weighted by Crippen LogP contribution is -2.39. The Morgan fingerprint density at radius 2 is 2.26 bits per heavy atom. The smallest absolute Gasteiger partial charge is 0.227 e. The monoisotopic (exact) mass is 388 g/mol. The molecule has 2 aromatic rings. The zero-order chi connectivity index (χ0) is 18.9. The molecule has 146 valence electrons. The van der Waals surface area contributed by atoms with Gasteiger partial charge in [0.1, 0.15) is 0 Å². The first-order valence-electron chi connectivity index (χ1n) is 9.91. The molecule has 1 aliphatic heterocycles. The molecule has 1 N–H and O–H groups in total. The van der Waals surface area contributed by atoms with E-state index in [0.29, 0.717) is 42.6 Å². The Bertz CT molecular complexity index is 765. The lowest BCUT2D eigenvalue weighted by molar-refractivity contribution is -0.133. The highest BCUT2D eigenvalue weighted by Crippen LogP contribution is 2.56. The predicted octanol–water partition coefficient (Wildman–Crippen LogP) is 3.36. The van der Waals surface area contributed by atoms with Crippen molar-refractivity contribution >= 4 is 17.2 Å². The predicted molar refractivity (Wildman–Crippen MR) is 105 cm³/mol. The van der Waals surface area contributed by atoms with Crippen molar-refractivity contribution in [2.45, 2.75) is 64.5 Å². The van der Waals surface area contributed by atoms with Crippen LogP contribution in [-0.2, 0) is 17.8 Å². The molecule has 27 heavy (non-hydrogen) atoms. The normalized spacial score (nSPS) is 20.9. The van der Waals surface area contributed by atoms with Crippen LogP contribution in [-0.4, -0.2) is 40.1 Å². The van der Waals surface area contributed by atoms with E-state index in [0.717, 1.165) is 19.5 Å². The van der Waals surface area contributed by atoms with Gasteiger partial charge in [0.05, 0.1) is 0 Å². The summed E-state index contributed by atoms with van der Waals surface area (Å²) < 4.78 is 5.31. The Balaban J connectivity index is 1.42. The van der Waals surface area contributed by atoms with Crippen LogP contribution in [0.15, 0.2) is 21.3 Å². The van der Waals surface area contributed by atoms with Crippen molar-refractivity contribution in [1.29, 1.82) is 0 Å². The molecule has 1 unspecified atom stereocenters. The first-order chi connectivity index (χ1) is 13.1. The van der Waals surface area contributed by atoms with Gasteiger partial charge in [-0.3, -0.25) is 4.79 Å². The number of thiophene rings is 1. The number of carbonyl (C=O) groups is 1.